The van der Waals surface area contributed by atoms with Crippen molar-refractivity contribution in [1.82, 2.24) is 5.32 Å². The van der Waals surface area contributed by atoms with Gasteiger partial charge in [0, 0.05) is 12.8 Å². The molecule has 4 heteroatoms. The molecule has 0 amide bonds. The minimum absolute atomic E-state index is 0.0792. The highest BCUT2D eigenvalue weighted by Gasteiger charge is 2.12. The molecule has 0 aliphatic heterocycles. The summed E-state index contributed by atoms with van der Waals surface area (Å²) in [6.07, 6.45) is 32.7. The Morgan fingerprint density at radius 3 is 1.66 bits per heavy atom. The predicted molar refractivity (Wildman–Crippen MR) is 154 cm³/mol. The number of ether oxygens (including phenoxy) is 1. The summed E-state index contributed by atoms with van der Waals surface area (Å²) in [5, 5.41) is 3.39. The first-order chi connectivity index (χ1) is 17.2. The van der Waals surface area contributed by atoms with Gasteiger partial charge >= 0.3 is 5.97 Å². The van der Waals surface area contributed by atoms with E-state index in [4.69, 9.17) is 10.5 Å². The van der Waals surface area contributed by atoms with Gasteiger partial charge in [-0.25, -0.2) is 0 Å². The number of carbonyl (C=O) groups is 1. The molecular weight excluding hydrogens is 432 g/mol. The maximum Gasteiger partial charge on any atom is 0.307 e. The minimum atomic E-state index is -0.222. The molecule has 0 aliphatic rings. The van der Waals surface area contributed by atoms with Gasteiger partial charge in [0.2, 0.25) is 0 Å². The number of hydrogen-bond acceptors (Lipinski definition) is 4. The largest absolute Gasteiger partial charge is 0.447 e. The Morgan fingerprint density at radius 1 is 0.686 bits per heavy atom. The summed E-state index contributed by atoms with van der Waals surface area (Å²) in [4.78, 5) is 12.2. The van der Waals surface area contributed by atoms with Crippen LogP contribution in [0.1, 0.15) is 162 Å². The highest BCUT2D eigenvalue weighted by Crippen LogP contribution is 2.11. The molecule has 0 bridgehead atoms. The van der Waals surface area contributed by atoms with Crippen LogP contribution in [0.3, 0.4) is 0 Å². The van der Waals surface area contributed by atoms with Crippen molar-refractivity contribution in [3.05, 3.63) is 12.2 Å². The monoisotopic (exact) mass is 494 g/mol. The second-order valence-electron chi connectivity index (χ2n) is 10.3. The lowest BCUT2D eigenvalue weighted by molar-refractivity contribution is -0.151. The molecule has 0 aromatic carbocycles. The van der Waals surface area contributed by atoms with Crippen molar-refractivity contribution >= 4 is 5.97 Å². The number of nitrogens with two attached hydrogens (primary N) is 1. The van der Waals surface area contributed by atoms with Gasteiger partial charge in [-0.3, -0.25) is 10.1 Å². The van der Waals surface area contributed by atoms with Crippen LogP contribution in [0.25, 0.3) is 0 Å². The summed E-state index contributed by atoms with van der Waals surface area (Å²) >= 11 is 0. The number of esters is 1. The van der Waals surface area contributed by atoms with Crippen LogP contribution in [0.15, 0.2) is 12.2 Å². The summed E-state index contributed by atoms with van der Waals surface area (Å²) in [7, 11) is 0. The van der Waals surface area contributed by atoms with Crippen LogP contribution in [0.2, 0.25) is 0 Å². The molecule has 3 N–H and O–H groups in total. The predicted octanol–water partition coefficient (Wildman–Crippen LogP) is 8.97. The average molecular weight is 495 g/mol. The molecule has 1 unspecified atom stereocenters. The van der Waals surface area contributed by atoms with E-state index in [2.05, 4.69) is 31.3 Å². The van der Waals surface area contributed by atoms with Crippen molar-refractivity contribution < 1.29 is 9.53 Å². The Kier molecular flexibility index (Phi) is 28.6. The zero-order valence-corrected chi connectivity index (χ0v) is 23.8. The summed E-state index contributed by atoms with van der Waals surface area (Å²) in [5.74, 6) is -0.0792. The zero-order chi connectivity index (χ0) is 25.7. The Morgan fingerprint density at radius 2 is 1.14 bits per heavy atom. The van der Waals surface area contributed by atoms with E-state index in [9.17, 15) is 4.79 Å². The number of rotatable bonds is 28. The van der Waals surface area contributed by atoms with E-state index < -0.39 is 0 Å². The van der Waals surface area contributed by atoms with Crippen molar-refractivity contribution in [2.24, 2.45) is 5.73 Å². The second-order valence-corrected chi connectivity index (χ2v) is 10.3. The normalized spacial score (nSPS) is 12.4. The van der Waals surface area contributed by atoms with E-state index in [0.29, 0.717) is 19.4 Å². The van der Waals surface area contributed by atoms with Crippen molar-refractivity contribution in [3.8, 4) is 0 Å². The summed E-state index contributed by atoms with van der Waals surface area (Å²) < 4.78 is 5.64. The summed E-state index contributed by atoms with van der Waals surface area (Å²) in [6, 6.07) is 0. The minimum Gasteiger partial charge on any atom is -0.447 e. The third-order valence-electron chi connectivity index (χ3n) is 6.75. The molecule has 0 fully saturated rings. The van der Waals surface area contributed by atoms with Gasteiger partial charge in [-0.15, -0.1) is 0 Å². The molecule has 0 saturated heterocycles. The molecule has 0 spiro atoms. The van der Waals surface area contributed by atoms with Gasteiger partial charge in [0.05, 0.1) is 0 Å². The topological polar surface area (TPSA) is 64.3 Å². The SMILES string of the molecule is CCCCCCCC/C=C\CCCCCCCC(=O)OC(CCN)NCCCCCCCCCC. The van der Waals surface area contributed by atoms with Crippen LogP contribution >= 0.6 is 0 Å². The molecule has 35 heavy (non-hydrogen) atoms. The Balaban J connectivity index is 3.57. The number of carbonyl (C=O) groups excluding carboxylic acids is 1. The van der Waals surface area contributed by atoms with Crippen LogP contribution in [-0.4, -0.2) is 25.3 Å². The fourth-order valence-corrected chi connectivity index (χ4v) is 4.43. The highest BCUT2D eigenvalue weighted by atomic mass is 16.6. The first kappa shape index (κ1) is 34.1. The molecule has 0 radical (unpaired) electrons. The molecule has 0 aliphatic carbocycles. The van der Waals surface area contributed by atoms with Crippen LogP contribution in [0.5, 0.6) is 0 Å². The lowest BCUT2D eigenvalue weighted by atomic mass is 10.1. The quantitative estimate of drug-likeness (QED) is 0.0493. The standard InChI is InChI=1S/C31H62N2O2/c1-3-5-7-9-11-13-14-15-16-17-18-19-20-22-24-26-31(34)35-30(27-28-32)33-29-25-23-21-12-10-8-6-4-2/h15-16,30,33H,3-14,17-29,32H2,1-2H3/b16-15-. The van der Waals surface area contributed by atoms with Gasteiger partial charge in [-0.1, -0.05) is 122 Å². The van der Waals surface area contributed by atoms with Gasteiger partial charge in [0.15, 0.2) is 6.23 Å². The number of hydrogen-bond donors (Lipinski definition) is 2. The van der Waals surface area contributed by atoms with E-state index >= 15 is 0 Å². The van der Waals surface area contributed by atoms with Gasteiger partial charge in [0.1, 0.15) is 0 Å². The van der Waals surface area contributed by atoms with Gasteiger partial charge in [-0.2, -0.15) is 0 Å². The number of unbranched alkanes of at least 4 members (excludes halogenated alkanes) is 18. The molecule has 0 rings (SSSR count). The van der Waals surface area contributed by atoms with Crippen LogP contribution in [0.4, 0.5) is 0 Å². The summed E-state index contributed by atoms with van der Waals surface area (Å²) in [5.41, 5.74) is 5.71. The Bertz CT molecular complexity index is 453. The maximum absolute atomic E-state index is 12.2. The lowest BCUT2D eigenvalue weighted by Gasteiger charge is -2.18. The van der Waals surface area contributed by atoms with Crippen LogP contribution in [-0.2, 0) is 9.53 Å². The molecule has 0 heterocycles. The van der Waals surface area contributed by atoms with E-state index in [-0.39, 0.29) is 12.2 Å². The van der Waals surface area contributed by atoms with Gasteiger partial charge < -0.3 is 10.5 Å². The average Bonchev–Trinajstić information content (AvgIpc) is 2.85. The van der Waals surface area contributed by atoms with Crippen LogP contribution in [0, 0.1) is 0 Å². The lowest BCUT2D eigenvalue weighted by Crippen LogP contribution is -2.36. The van der Waals surface area contributed by atoms with Crippen LogP contribution < -0.4 is 11.1 Å². The van der Waals surface area contributed by atoms with E-state index in [1.165, 1.54) is 116 Å². The fraction of sp³-hybridized carbons (Fsp3) is 0.903. The third kappa shape index (κ3) is 27.6. The van der Waals surface area contributed by atoms with E-state index in [1.807, 2.05) is 0 Å². The van der Waals surface area contributed by atoms with E-state index in [1.54, 1.807) is 0 Å². The van der Waals surface area contributed by atoms with Crippen molar-refractivity contribution in [1.29, 1.82) is 0 Å². The maximum atomic E-state index is 12.2. The third-order valence-corrected chi connectivity index (χ3v) is 6.75. The van der Waals surface area contributed by atoms with Crippen molar-refractivity contribution in [2.75, 3.05) is 13.1 Å². The second kappa shape index (κ2) is 29.4. The van der Waals surface area contributed by atoms with Crippen molar-refractivity contribution in [3.63, 3.8) is 0 Å². The smallest absolute Gasteiger partial charge is 0.307 e. The molecule has 4 nitrogen and oxygen atoms in total. The molecule has 0 aromatic rings. The Labute approximate surface area is 219 Å². The van der Waals surface area contributed by atoms with Crippen molar-refractivity contribution in [2.45, 2.75) is 168 Å². The van der Waals surface area contributed by atoms with Gasteiger partial charge in [-0.05, 0) is 51.6 Å². The molecule has 208 valence electrons. The van der Waals surface area contributed by atoms with E-state index in [0.717, 1.165) is 25.8 Å². The highest BCUT2D eigenvalue weighted by molar-refractivity contribution is 5.69. The molecular formula is C31H62N2O2. The fourth-order valence-electron chi connectivity index (χ4n) is 4.43. The number of allylic oxidation sites excluding steroid dienone is 2. The first-order valence-corrected chi connectivity index (χ1v) is 15.5. The molecule has 1 atom stereocenters. The number of nitrogens with one attached hydrogen (secondary N) is 1. The molecule has 0 aromatic heterocycles. The summed E-state index contributed by atoms with van der Waals surface area (Å²) in [6.45, 7) is 5.97. The first-order valence-electron chi connectivity index (χ1n) is 15.5. The molecule has 0 saturated carbocycles. The van der Waals surface area contributed by atoms with Gasteiger partial charge in [0.25, 0.3) is 0 Å². The zero-order valence-electron chi connectivity index (χ0n) is 23.8. The Hall–Kier alpha value is -0.870.